The van der Waals surface area contributed by atoms with Gasteiger partial charge >= 0.3 is 11.9 Å². The minimum absolute atomic E-state index is 0. The monoisotopic (exact) mass is 219 g/mol. The van der Waals surface area contributed by atoms with E-state index in [0.717, 1.165) is 6.07 Å². The number of halogens is 1. The van der Waals surface area contributed by atoms with Crippen LogP contribution in [0.25, 0.3) is 5.57 Å². The van der Waals surface area contributed by atoms with Gasteiger partial charge in [0.2, 0.25) is 0 Å². The van der Waals surface area contributed by atoms with Crippen molar-refractivity contribution in [2.24, 2.45) is 0 Å². The lowest BCUT2D eigenvalue weighted by atomic mass is 10.2. The number of aliphatic carboxylic acids is 1. The van der Waals surface area contributed by atoms with E-state index in [4.69, 9.17) is 5.11 Å². The van der Waals surface area contributed by atoms with Crippen molar-refractivity contribution in [3.05, 3.63) is 34.6 Å². The van der Waals surface area contributed by atoms with Crippen molar-refractivity contribution in [3.63, 3.8) is 0 Å². The first kappa shape index (κ1) is 12.2. The third kappa shape index (κ3) is 2.33. The SMILES string of the molecule is C=C(C(=O)O)c1ccc([N+](=O)[O-])o1.Cl. The predicted molar refractivity (Wildman–Crippen MR) is 49.3 cm³/mol. The Labute approximate surface area is 84.4 Å². The maximum Gasteiger partial charge on any atom is 0.433 e. The Bertz CT molecular complexity index is 383. The van der Waals surface area contributed by atoms with Gasteiger partial charge in [-0.1, -0.05) is 6.58 Å². The van der Waals surface area contributed by atoms with Crippen LogP contribution in [0.3, 0.4) is 0 Å². The zero-order chi connectivity index (χ0) is 10.0. The number of carboxylic acids is 1. The Morgan fingerprint density at radius 2 is 2.14 bits per heavy atom. The molecule has 6 nitrogen and oxygen atoms in total. The van der Waals surface area contributed by atoms with Gasteiger partial charge in [-0.2, -0.15) is 0 Å². The number of rotatable bonds is 3. The maximum atomic E-state index is 10.3. The normalized spacial score (nSPS) is 8.86. The topological polar surface area (TPSA) is 93.6 Å². The number of nitrogens with zero attached hydrogens (tertiary/aromatic N) is 1. The summed E-state index contributed by atoms with van der Waals surface area (Å²) in [7, 11) is 0. The number of hydrogen-bond donors (Lipinski definition) is 1. The molecule has 14 heavy (non-hydrogen) atoms. The molecule has 0 atom stereocenters. The van der Waals surface area contributed by atoms with Crippen molar-refractivity contribution in [2.75, 3.05) is 0 Å². The lowest BCUT2D eigenvalue weighted by molar-refractivity contribution is -0.402. The average molecular weight is 220 g/mol. The van der Waals surface area contributed by atoms with Crippen molar-refractivity contribution < 1.29 is 19.2 Å². The van der Waals surface area contributed by atoms with Crippen molar-refractivity contribution in [1.29, 1.82) is 0 Å². The molecule has 0 unspecified atom stereocenters. The van der Waals surface area contributed by atoms with Crippen LogP contribution in [0.15, 0.2) is 23.1 Å². The first-order chi connectivity index (χ1) is 6.02. The summed E-state index contributed by atoms with van der Waals surface area (Å²) >= 11 is 0. The smallest absolute Gasteiger partial charge is 0.433 e. The maximum absolute atomic E-state index is 10.3. The lowest BCUT2D eigenvalue weighted by Crippen LogP contribution is -1.96. The van der Waals surface area contributed by atoms with E-state index in [1.54, 1.807) is 0 Å². The summed E-state index contributed by atoms with van der Waals surface area (Å²) in [6.07, 6.45) is 0. The molecule has 0 saturated carbocycles. The quantitative estimate of drug-likeness (QED) is 0.474. The highest BCUT2D eigenvalue weighted by molar-refractivity contribution is 6.13. The number of nitro groups is 1. The molecule has 1 heterocycles. The second-order valence-electron chi connectivity index (χ2n) is 2.18. The fourth-order valence-corrected chi connectivity index (χ4v) is 0.693. The van der Waals surface area contributed by atoms with E-state index < -0.39 is 16.8 Å². The van der Waals surface area contributed by atoms with E-state index in [1.165, 1.54) is 6.07 Å². The van der Waals surface area contributed by atoms with Gasteiger partial charge in [0, 0.05) is 0 Å². The second-order valence-corrected chi connectivity index (χ2v) is 2.18. The molecule has 0 radical (unpaired) electrons. The van der Waals surface area contributed by atoms with Crippen molar-refractivity contribution in [1.82, 2.24) is 0 Å². The molecule has 1 N–H and O–H groups in total. The summed E-state index contributed by atoms with van der Waals surface area (Å²) in [5.74, 6) is -1.89. The van der Waals surface area contributed by atoms with Crippen molar-refractivity contribution in [2.45, 2.75) is 0 Å². The summed E-state index contributed by atoms with van der Waals surface area (Å²) in [6.45, 7) is 3.18. The number of carbonyl (C=O) groups is 1. The Kier molecular flexibility index (Phi) is 3.85. The molecule has 1 aromatic rings. The van der Waals surface area contributed by atoms with Crippen LogP contribution in [0.4, 0.5) is 5.88 Å². The van der Waals surface area contributed by atoms with Crippen molar-refractivity contribution in [3.8, 4) is 0 Å². The molecule has 1 aromatic heterocycles. The van der Waals surface area contributed by atoms with E-state index in [2.05, 4.69) is 11.0 Å². The first-order valence-corrected chi connectivity index (χ1v) is 3.19. The molecule has 0 aliphatic heterocycles. The van der Waals surface area contributed by atoms with Crippen LogP contribution in [0.2, 0.25) is 0 Å². The lowest BCUT2D eigenvalue weighted by Gasteiger charge is -1.91. The van der Waals surface area contributed by atoms with Crippen LogP contribution in [0.1, 0.15) is 5.76 Å². The third-order valence-electron chi connectivity index (χ3n) is 1.33. The number of carboxylic acid groups (broad SMARTS) is 1. The minimum atomic E-state index is -1.27. The summed E-state index contributed by atoms with van der Waals surface area (Å²) in [4.78, 5) is 19.7. The summed E-state index contributed by atoms with van der Waals surface area (Å²) in [5.41, 5.74) is -0.312. The van der Waals surface area contributed by atoms with Crippen LogP contribution in [0, 0.1) is 10.1 Å². The molecule has 0 spiro atoms. The average Bonchev–Trinajstić information content (AvgIpc) is 2.50. The minimum Gasteiger partial charge on any atom is -0.478 e. The zero-order valence-electron chi connectivity index (χ0n) is 6.80. The van der Waals surface area contributed by atoms with Gasteiger partial charge in [-0.25, -0.2) is 4.79 Å². The van der Waals surface area contributed by atoms with Gasteiger partial charge in [-0.05, 0) is 6.07 Å². The Morgan fingerprint density at radius 3 is 2.50 bits per heavy atom. The molecule has 0 amide bonds. The van der Waals surface area contributed by atoms with Crippen LogP contribution in [0.5, 0.6) is 0 Å². The second kappa shape index (κ2) is 4.43. The summed E-state index contributed by atoms with van der Waals surface area (Å²) in [5, 5.41) is 18.6. The molecule has 0 aliphatic rings. The molecule has 1 rings (SSSR count). The number of furan rings is 1. The fraction of sp³-hybridized carbons (Fsp3) is 0. The third-order valence-corrected chi connectivity index (χ3v) is 1.33. The molecule has 0 aliphatic carbocycles. The molecular formula is C7H6ClNO5. The first-order valence-electron chi connectivity index (χ1n) is 3.19. The standard InChI is InChI=1S/C7H5NO5.ClH/c1-4(7(9)10)5-2-3-6(13-5)8(11)12;/h2-3H,1H2,(H,9,10);1H. The molecule has 0 aromatic carbocycles. The van der Waals surface area contributed by atoms with Gasteiger partial charge in [0.15, 0.2) is 0 Å². The largest absolute Gasteiger partial charge is 0.478 e. The zero-order valence-corrected chi connectivity index (χ0v) is 7.61. The van der Waals surface area contributed by atoms with Crippen molar-refractivity contribution >= 4 is 29.8 Å². The van der Waals surface area contributed by atoms with Crippen LogP contribution in [-0.4, -0.2) is 16.0 Å². The highest BCUT2D eigenvalue weighted by Crippen LogP contribution is 2.21. The molecule has 76 valence electrons. The molecular weight excluding hydrogens is 214 g/mol. The fourth-order valence-electron chi connectivity index (χ4n) is 0.693. The molecule has 0 fully saturated rings. The van der Waals surface area contributed by atoms with Gasteiger partial charge in [-0.15, -0.1) is 12.4 Å². The highest BCUT2D eigenvalue weighted by atomic mass is 35.5. The van der Waals surface area contributed by atoms with Crippen LogP contribution in [-0.2, 0) is 4.79 Å². The van der Waals surface area contributed by atoms with E-state index in [0.29, 0.717) is 0 Å². The summed E-state index contributed by atoms with van der Waals surface area (Å²) in [6, 6.07) is 2.26. The molecule has 0 bridgehead atoms. The van der Waals surface area contributed by atoms with E-state index in [-0.39, 0.29) is 23.7 Å². The van der Waals surface area contributed by atoms with E-state index in [9.17, 15) is 14.9 Å². The van der Waals surface area contributed by atoms with Crippen LogP contribution >= 0.6 is 12.4 Å². The molecule has 7 heteroatoms. The van der Waals surface area contributed by atoms with Crippen LogP contribution < -0.4 is 0 Å². The Balaban J connectivity index is 0.00000169. The number of hydrogen-bond acceptors (Lipinski definition) is 4. The predicted octanol–water partition coefficient (Wildman–Crippen LogP) is 1.71. The summed E-state index contributed by atoms with van der Waals surface area (Å²) < 4.78 is 4.59. The van der Waals surface area contributed by atoms with Gasteiger partial charge in [0.1, 0.15) is 10.7 Å². The van der Waals surface area contributed by atoms with Gasteiger partial charge in [0.25, 0.3) is 0 Å². The Morgan fingerprint density at radius 1 is 1.57 bits per heavy atom. The Hall–Kier alpha value is -1.82. The van der Waals surface area contributed by atoms with E-state index in [1.807, 2.05) is 0 Å². The van der Waals surface area contributed by atoms with E-state index >= 15 is 0 Å². The van der Waals surface area contributed by atoms with Gasteiger partial charge < -0.3 is 9.52 Å². The van der Waals surface area contributed by atoms with Gasteiger partial charge in [-0.3, -0.25) is 10.1 Å². The van der Waals surface area contributed by atoms with Gasteiger partial charge in [0.05, 0.1) is 11.6 Å². The molecule has 0 saturated heterocycles. The highest BCUT2D eigenvalue weighted by Gasteiger charge is 2.16.